The van der Waals surface area contributed by atoms with Gasteiger partial charge in [0.05, 0.1) is 12.3 Å². The molecule has 4 rings (SSSR count). The summed E-state index contributed by atoms with van der Waals surface area (Å²) in [6, 6.07) is 15.9. The molecule has 0 fully saturated rings. The third-order valence-electron chi connectivity index (χ3n) is 4.54. The number of rotatable bonds is 4. The van der Waals surface area contributed by atoms with Crippen LogP contribution in [0, 0.1) is 5.82 Å². The van der Waals surface area contributed by atoms with E-state index in [0.29, 0.717) is 5.56 Å². The van der Waals surface area contributed by atoms with Crippen LogP contribution in [-0.2, 0) is 11.4 Å². The molecule has 0 atom stereocenters. The summed E-state index contributed by atoms with van der Waals surface area (Å²) in [5, 5.41) is 12.3. The third-order valence-corrected chi connectivity index (χ3v) is 4.54. The maximum atomic E-state index is 14.0. The number of amides is 1. The monoisotopic (exact) mass is 375 g/mol. The van der Waals surface area contributed by atoms with E-state index in [1.165, 1.54) is 13.0 Å². The van der Waals surface area contributed by atoms with Crippen molar-refractivity contribution in [2.75, 3.05) is 5.32 Å². The molecular formula is C22H18FN3O2. The minimum Gasteiger partial charge on any atom is -0.392 e. The van der Waals surface area contributed by atoms with Crippen LogP contribution in [0.1, 0.15) is 12.5 Å². The number of hydrogen-bond donors (Lipinski definition) is 2. The van der Waals surface area contributed by atoms with Crippen LogP contribution in [0.5, 0.6) is 0 Å². The van der Waals surface area contributed by atoms with Crippen LogP contribution in [0.2, 0.25) is 0 Å². The van der Waals surface area contributed by atoms with E-state index < -0.39 is 5.82 Å². The Balaban J connectivity index is 1.71. The van der Waals surface area contributed by atoms with E-state index in [2.05, 4.69) is 10.3 Å². The molecule has 0 aliphatic carbocycles. The van der Waals surface area contributed by atoms with Gasteiger partial charge in [0.15, 0.2) is 0 Å². The smallest absolute Gasteiger partial charge is 0.221 e. The second-order valence-corrected chi connectivity index (χ2v) is 6.49. The van der Waals surface area contributed by atoms with Gasteiger partial charge in [-0.3, -0.25) is 4.79 Å². The molecule has 2 heterocycles. The van der Waals surface area contributed by atoms with Crippen LogP contribution in [0.3, 0.4) is 0 Å². The number of halogens is 1. The first-order valence-electron chi connectivity index (χ1n) is 8.80. The molecule has 1 amide bonds. The highest BCUT2D eigenvalue weighted by Crippen LogP contribution is 2.28. The molecule has 0 aliphatic heterocycles. The van der Waals surface area contributed by atoms with Crippen molar-refractivity contribution in [2.24, 2.45) is 0 Å². The van der Waals surface area contributed by atoms with E-state index in [0.717, 1.165) is 28.2 Å². The number of carbonyl (C=O) groups is 1. The van der Waals surface area contributed by atoms with Gasteiger partial charge < -0.3 is 14.8 Å². The van der Waals surface area contributed by atoms with Crippen molar-refractivity contribution in [3.05, 3.63) is 78.4 Å². The summed E-state index contributed by atoms with van der Waals surface area (Å²) in [5.74, 6) is -0.543. The number of fused-ring (bicyclic) bond motifs is 1. The van der Waals surface area contributed by atoms with E-state index in [-0.39, 0.29) is 18.1 Å². The largest absolute Gasteiger partial charge is 0.392 e. The Kier molecular flexibility index (Phi) is 4.63. The average molecular weight is 375 g/mol. The second kappa shape index (κ2) is 7.25. The van der Waals surface area contributed by atoms with E-state index in [4.69, 9.17) is 0 Å². The van der Waals surface area contributed by atoms with Crippen molar-refractivity contribution in [1.29, 1.82) is 0 Å². The summed E-state index contributed by atoms with van der Waals surface area (Å²) in [6.07, 6.45) is 3.76. The van der Waals surface area contributed by atoms with E-state index in [1.54, 1.807) is 12.1 Å². The first kappa shape index (κ1) is 17.9. The van der Waals surface area contributed by atoms with Gasteiger partial charge in [-0.2, -0.15) is 0 Å². The number of pyridine rings is 1. The second-order valence-electron chi connectivity index (χ2n) is 6.49. The standard InChI is InChI=1S/C22H18FN3O2/c1-14(28)24-17-8-5-15(6-9-17)21-12-26-11-16(7-10-22(26)25-21)18-3-2-4-20(23)19(18)13-27/h2-12,27H,13H2,1H3,(H,24,28). The molecule has 0 bridgehead atoms. The molecule has 0 spiro atoms. The number of benzene rings is 2. The van der Waals surface area contributed by atoms with Crippen molar-refractivity contribution in [2.45, 2.75) is 13.5 Å². The lowest BCUT2D eigenvalue weighted by atomic mass is 10.0. The van der Waals surface area contributed by atoms with Crippen molar-refractivity contribution in [1.82, 2.24) is 9.38 Å². The fourth-order valence-corrected chi connectivity index (χ4v) is 3.21. The van der Waals surface area contributed by atoms with Gasteiger partial charge in [-0.25, -0.2) is 9.37 Å². The van der Waals surface area contributed by atoms with Crippen molar-refractivity contribution in [3.63, 3.8) is 0 Å². The van der Waals surface area contributed by atoms with Crippen LogP contribution in [0.15, 0.2) is 67.0 Å². The SMILES string of the molecule is CC(=O)Nc1ccc(-c2cn3cc(-c4cccc(F)c4CO)ccc3n2)cc1. The summed E-state index contributed by atoms with van der Waals surface area (Å²) >= 11 is 0. The van der Waals surface area contributed by atoms with Crippen molar-refractivity contribution < 1.29 is 14.3 Å². The predicted molar refractivity (Wildman–Crippen MR) is 106 cm³/mol. The zero-order valence-electron chi connectivity index (χ0n) is 15.2. The Bertz CT molecular complexity index is 1170. The molecule has 5 nitrogen and oxygen atoms in total. The summed E-state index contributed by atoms with van der Waals surface area (Å²) < 4.78 is 15.9. The molecular weight excluding hydrogens is 357 g/mol. The number of aromatic nitrogens is 2. The predicted octanol–water partition coefficient (Wildman–Crippen LogP) is 4.26. The molecule has 28 heavy (non-hydrogen) atoms. The molecule has 0 saturated heterocycles. The third kappa shape index (κ3) is 3.37. The molecule has 140 valence electrons. The molecule has 4 aromatic rings. The average Bonchev–Trinajstić information content (AvgIpc) is 3.11. The molecule has 0 saturated carbocycles. The number of aliphatic hydroxyl groups is 1. The first-order chi connectivity index (χ1) is 13.5. The number of imidazole rings is 1. The summed E-state index contributed by atoms with van der Waals surface area (Å²) in [5.41, 5.74) is 4.90. The molecule has 6 heteroatoms. The van der Waals surface area contributed by atoms with Crippen LogP contribution < -0.4 is 5.32 Å². The lowest BCUT2D eigenvalue weighted by Gasteiger charge is -2.09. The minimum atomic E-state index is -0.425. The lowest BCUT2D eigenvalue weighted by molar-refractivity contribution is -0.114. The quantitative estimate of drug-likeness (QED) is 0.560. The van der Waals surface area contributed by atoms with E-state index >= 15 is 0 Å². The number of nitrogens with one attached hydrogen (secondary N) is 1. The highest BCUT2D eigenvalue weighted by Gasteiger charge is 2.11. The summed E-state index contributed by atoms with van der Waals surface area (Å²) in [4.78, 5) is 15.8. The maximum absolute atomic E-state index is 14.0. The highest BCUT2D eigenvalue weighted by atomic mass is 19.1. The van der Waals surface area contributed by atoms with Crippen LogP contribution in [0.4, 0.5) is 10.1 Å². The Morgan fingerprint density at radius 3 is 2.54 bits per heavy atom. The van der Waals surface area contributed by atoms with Gasteiger partial charge in [0.25, 0.3) is 0 Å². The minimum absolute atomic E-state index is 0.118. The van der Waals surface area contributed by atoms with E-state index in [1.807, 2.05) is 53.2 Å². The fraction of sp³-hybridized carbons (Fsp3) is 0.0909. The Morgan fingerprint density at radius 2 is 1.82 bits per heavy atom. The van der Waals surface area contributed by atoms with Crippen LogP contribution in [-0.4, -0.2) is 20.4 Å². The van der Waals surface area contributed by atoms with Crippen LogP contribution in [0.25, 0.3) is 28.0 Å². The number of hydrogen-bond acceptors (Lipinski definition) is 3. The zero-order chi connectivity index (χ0) is 19.7. The molecule has 2 N–H and O–H groups in total. The van der Waals surface area contributed by atoms with Gasteiger partial charge in [0, 0.05) is 36.1 Å². The molecule has 0 unspecified atom stereocenters. The number of aliphatic hydroxyl groups excluding tert-OH is 1. The zero-order valence-corrected chi connectivity index (χ0v) is 15.2. The Labute approximate surface area is 161 Å². The first-order valence-corrected chi connectivity index (χ1v) is 8.80. The maximum Gasteiger partial charge on any atom is 0.221 e. The lowest BCUT2D eigenvalue weighted by Crippen LogP contribution is -2.05. The van der Waals surface area contributed by atoms with Gasteiger partial charge in [0.1, 0.15) is 11.5 Å². The van der Waals surface area contributed by atoms with Gasteiger partial charge in [0.2, 0.25) is 5.91 Å². The molecule has 0 aliphatic rings. The molecule has 0 radical (unpaired) electrons. The van der Waals surface area contributed by atoms with Gasteiger partial charge >= 0.3 is 0 Å². The number of carbonyl (C=O) groups excluding carboxylic acids is 1. The van der Waals surface area contributed by atoms with Crippen molar-refractivity contribution >= 4 is 17.2 Å². The topological polar surface area (TPSA) is 66.6 Å². The molecule has 2 aromatic heterocycles. The Hall–Kier alpha value is -3.51. The van der Waals surface area contributed by atoms with E-state index in [9.17, 15) is 14.3 Å². The highest BCUT2D eigenvalue weighted by molar-refractivity contribution is 5.89. The normalized spacial score (nSPS) is 11.0. The summed E-state index contributed by atoms with van der Waals surface area (Å²) in [7, 11) is 0. The van der Waals surface area contributed by atoms with Gasteiger partial charge in [-0.05, 0) is 41.5 Å². The van der Waals surface area contributed by atoms with Crippen molar-refractivity contribution in [3.8, 4) is 22.4 Å². The fourth-order valence-electron chi connectivity index (χ4n) is 3.21. The number of nitrogens with zero attached hydrogens (tertiary/aromatic N) is 2. The number of anilines is 1. The van der Waals surface area contributed by atoms with Gasteiger partial charge in [-0.1, -0.05) is 24.3 Å². The summed E-state index contributed by atoms with van der Waals surface area (Å²) in [6.45, 7) is 1.10. The van der Waals surface area contributed by atoms with Gasteiger partial charge in [-0.15, -0.1) is 0 Å². The molecule has 2 aromatic carbocycles. The van der Waals surface area contributed by atoms with Crippen LogP contribution >= 0.6 is 0 Å². The Morgan fingerprint density at radius 1 is 1.07 bits per heavy atom.